The highest BCUT2D eigenvalue weighted by atomic mass is 35.5. The fraction of sp³-hybridized carbons (Fsp3) is 0.455. The first kappa shape index (κ1) is 24.3. The number of halogens is 4. The number of hydrazine groups is 1. The molecule has 8 heteroatoms. The number of hydrogen-bond acceptors (Lipinski definition) is 4. The first-order valence-corrected chi connectivity index (χ1v) is 9.80. The molecular formula is C22H29ClF3N3O. The van der Waals surface area contributed by atoms with Gasteiger partial charge in [0.25, 0.3) is 0 Å². The first-order chi connectivity index (χ1) is 13.7. The maximum Gasteiger partial charge on any atom is 0.422 e. The summed E-state index contributed by atoms with van der Waals surface area (Å²) in [4.78, 5) is 1.93. The number of nitrogens with two attached hydrogens (primary N) is 1. The highest BCUT2D eigenvalue weighted by Gasteiger charge is 2.33. The van der Waals surface area contributed by atoms with E-state index in [0.717, 1.165) is 36.2 Å². The zero-order valence-electron chi connectivity index (χ0n) is 17.2. The van der Waals surface area contributed by atoms with E-state index in [1.165, 1.54) is 0 Å². The van der Waals surface area contributed by atoms with Crippen molar-refractivity contribution in [2.45, 2.75) is 31.5 Å². The molecule has 0 saturated carbocycles. The van der Waals surface area contributed by atoms with Crippen LogP contribution in [0.15, 0.2) is 48.5 Å². The normalized spacial score (nSPS) is 19.8. The van der Waals surface area contributed by atoms with Crippen LogP contribution < -0.4 is 15.5 Å². The van der Waals surface area contributed by atoms with Crippen molar-refractivity contribution in [1.29, 1.82) is 0 Å². The minimum atomic E-state index is -4.37. The second-order valence-corrected chi connectivity index (χ2v) is 7.79. The average molecular weight is 444 g/mol. The summed E-state index contributed by atoms with van der Waals surface area (Å²) >= 11 is 0. The van der Waals surface area contributed by atoms with E-state index in [0.29, 0.717) is 6.42 Å². The smallest absolute Gasteiger partial charge is 0.422 e. The van der Waals surface area contributed by atoms with Gasteiger partial charge in [-0.1, -0.05) is 30.3 Å². The van der Waals surface area contributed by atoms with Crippen LogP contribution in [0.1, 0.15) is 30.0 Å². The Morgan fingerprint density at radius 2 is 1.83 bits per heavy atom. The summed E-state index contributed by atoms with van der Waals surface area (Å²) in [5.41, 5.74) is 2.83. The molecule has 1 aliphatic heterocycles. The van der Waals surface area contributed by atoms with Gasteiger partial charge in [-0.3, -0.25) is 5.84 Å². The van der Waals surface area contributed by atoms with E-state index >= 15 is 0 Å². The van der Waals surface area contributed by atoms with Gasteiger partial charge in [-0.15, -0.1) is 12.4 Å². The molecule has 0 aromatic heterocycles. The summed E-state index contributed by atoms with van der Waals surface area (Å²) in [5.74, 6) is 6.80. The molecule has 166 valence electrons. The minimum Gasteiger partial charge on any atom is -0.484 e. The molecule has 4 nitrogen and oxygen atoms in total. The molecule has 1 saturated heterocycles. The zero-order chi connectivity index (χ0) is 21.0. The van der Waals surface area contributed by atoms with Crippen molar-refractivity contribution in [3.05, 3.63) is 59.7 Å². The predicted molar refractivity (Wildman–Crippen MR) is 116 cm³/mol. The SMILES string of the molecule is CN(C)c1ccc(OCC(F)(F)F)c(C[C@@H]2CCCN(N)[C@@H]2c2ccccc2)c1.Cl. The molecule has 1 fully saturated rings. The van der Waals surface area contributed by atoms with E-state index in [4.69, 9.17) is 10.6 Å². The highest BCUT2D eigenvalue weighted by molar-refractivity contribution is 5.85. The van der Waals surface area contributed by atoms with E-state index in [9.17, 15) is 13.2 Å². The number of nitrogens with zero attached hydrogens (tertiary/aromatic N) is 2. The van der Waals surface area contributed by atoms with E-state index in [-0.39, 0.29) is 30.1 Å². The zero-order valence-corrected chi connectivity index (χ0v) is 18.0. The van der Waals surface area contributed by atoms with Crippen molar-refractivity contribution >= 4 is 18.1 Å². The molecule has 0 aliphatic carbocycles. The van der Waals surface area contributed by atoms with Gasteiger partial charge in [0, 0.05) is 26.3 Å². The topological polar surface area (TPSA) is 41.7 Å². The van der Waals surface area contributed by atoms with Crippen LogP contribution in [0.4, 0.5) is 18.9 Å². The van der Waals surface area contributed by atoms with Gasteiger partial charge in [0.05, 0.1) is 6.04 Å². The molecule has 0 radical (unpaired) electrons. The Balaban J connectivity index is 0.00000320. The van der Waals surface area contributed by atoms with Crippen LogP contribution in [0.3, 0.4) is 0 Å². The predicted octanol–water partition coefficient (Wildman–Crippen LogP) is 4.99. The third kappa shape index (κ3) is 6.27. The molecule has 0 unspecified atom stereocenters. The molecule has 30 heavy (non-hydrogen) atoms. The van der Waals surface area contributed by atoms with Crippen molar-refractivity contribution in [2.24, 2.45) is 11.8 Å². The van der Waals surface area contributed by atoms with Gasteiger partial charge in [0.1, 0.15) is 5.75 Å². The molecule has 1 aliphatic rings. The van der Waals surface area contributed by atoms with Crippen LogP contribution in [0.5, 0.6) is 5.75 Å². The molecule has 2 atom stereocenters. The summed E-state index contributed by atoms with van der Waals surface area (Å²) < 4.78 is 43.3. The van der Waals surface area contributed by atoms with E-state index in [1.54, 1.807) is 12.1 Å². The number of benzene rings is 2. The minimum absolute atomic E-state index is 0. The quantitative estimate of drug-likeness (QED) is 0.639. The van der Waals surface area contributed by atoms with Crippen molar-refractivity contribution in [3.8, 4) is 5.75 Å². The number of anilines is 1. The van der Waals surface area contributed by atoms with E-state index in [2.05, 4.69) is 12.1 Å². The van der Waals surface area contributed by atoms with Crippen molar-refractivity contribution in [3.63, 3.8) is 0 Å². The molecule has 1 heterocycles. The van der Waals surface area contributed by atoms with Gasteiger partial charge in [-0.2, -0.15) is 13.2 Å². The van der Waals surface area contributed by atoms with Crippen molar-refractivity contribution in [2.75, 3.05) is 32.1 Å². The summed E-state index contributed by atoms with van der Waals surface area (Å²) in [6.45, 7) is -0.498. The number of ether oxygens (including phenoxy) is 1. The molecule has 2 N–H and O–H groups in total. The summed E-state index contributed by atoms with van der Waals surface area (Å²) in [6.07, 6.45) is -1.86. The Labute approximate surface area is 182 Å². The van der Waals surface area contributed by atoms with Gasteiger partial charge in [0.2, 0.25) is 0 Å². The summed E-state index contributed by atoms with van der Waals surface area (Å²) in [7, 11) is 3.81. The van der Waals surface area contributed by atoms with Crippen LogP contribution in [-0.4, -0.2) is 38.4 Å². The second kappa shape index (κ2) is 10.4. The number of piperidine rings is 1. The van der Waals surface area contributed by atoms with Crippen LogP contribution in [-0.2, 0) is 6.42 Å². The fourth-order valence-corrected chi connectivity index (χ4v) is 4.02. The summed E-state index contributed by atoms with van der Waals surface area (Å²) in [6, 6.07) is 15.4. The molecule has 0 spiro atoms. The molecular weight excluding hydrogens is 415 g/mol. The van der Waals surface area contributed by atoms with Gasteiger partial charge in [-0.05, 0) is 54.5 Å². The molecule has 2 aromatic rings. The maximum absolute atomic E-state index is 12.7. The fourth-order valence-electron chi connectivity index (χ4n) is 4.02. The summed E-state index contributed by atoms with van der Waals surface area (Å²) in [5, 5.41) is 1.86. The molecule has 3 rings (SSSR count). The Kier molecular flexibility index (Phi) is 8.41. The van der Waals surface area contributed by atoms with Gasteiger partial charge in [-0.25, -0.2) is 5.01 Å². The van der Waals surface area contributed by atoms with Crippen LogP contribution >= 0.6 is 12.4 Å². The Morgan fingerprint density at radius 3 is 2.47 bits per heavy atom. The number of hydrogen-bond donors (Lipinski definition) is 1. The lowest BCUT2D eigenvalue weighted by Crippen LogP contribution is -2.44. The van der Waals surface area contributed by atoms with Crippen LogP contribution in [0.2, 0.25) is 0 Å². The van der Waals surface area contributed by atoms with Gasteiger partial charge < -0.3 is 9.64 Å². The third-order valence-corrected chi connectivity index (χ3v) is 5.37. The monoisotopic (exact) mass is 443 g/mol. The lowest BCUT2D eigenvalue weighted by atomic mass is 9.81. The first-order valence-electron chi connectivity index (χ1n) is 9.80. The number of rotatable bonds is 6. The van der Waals surface area contributed by atoms with Crippen LogP contribution in [0.25, 0.3) is 0 Å². The maximum atomic E-state index is 12.7. The van der Waals surface area contributed by atoms with E-state index in [1.807, 2.05) is 48.3 Å². The Hall–Kier alpha value is -1.96. The molecule has 0 bridgehead atoms. The second-order valence-electron chi connectivity index (χ2n) is 7.79. The standard InChI is InChI=1S/C22H28F3N3O.ClH/c1-27(2)19-10-11-20(29-15-22(23,24)25)18(14-19)13-17-9-6-12-28(26)21(17)16-7-4-3-5-8-16;/h3-5,7-8,10-11,14,17,21H,6,9,12-13,15,26H2,1-2H3;1H/t17-,21+;/m0./s1. The molecule has 0 amide bonds. The highest BCUT2D eigenvalue weighted by Crippen LogP contribution is 2.38. The van der Waals surface area contributed by atoms with Crippen molar-refractivity contribution < 1.29 is 17.9 Å². The van der Waals surface area contributed by atoms with Gasteiger partial charge >= 0.3 is 6.18 Å². The lowest BCUT2D eigenvalue weighted by molar-refractivity contribution is -0.153. The third-order valence-electron chi connectivity index (χ3n) is 5.37. The Morgan fingerprint density at radius 1 is 1.13 bits per heavy atom. The largest absolute Gasteiger partial charge is 0.484 e. The van der Waals surface area contributed by atoms with Crippen molar-refractivity contribution in [1.82, 2.24) is 5.01 Å². The average Bonchev–Trinajstić information content (AvgIpc) is 2.67. The van der Waals surface area contributed by atoms with Crippen LogP contribution in [0, 0.1) is 5.92 Å². The van der Waals surface area contributed by atoms with Gasteiger partial charge in [0.15, 0.2) is 6.61 Å². The van der Waals surface area contributed by atoms with E-state index < -0.39 is 12.8 Å². The Bertz CT molecular complexity index is 802. The lowest BCUT2D eigenvalue weighted by Gasteiger charge is -2.39. The number of alkyl halides is 3. The molecule has 2 aromatic carbocycles.